The minimum absolute atomic E-state index is 0.206. The summed E-state index contributed by atoms with van der Waals surface area (Å²) in [6.07, 6.45) is 4.54. The number of esters is 1. The van der Waals surface area contributed by atoms with Gasteiger partial charge in [0.2, 0.25) is 0 Å². The molecule has 0 aliphatic rings. The van der Waals surface area contributed by atoms with E-state index in [1.54, 1.807) is 23.4 Å². The van der Waals surface area contributed by atoms with Crippen LogP contribution < -0.4 is 0 Å². The predicted octanol–water partition coefficient (Wildman–Crippen LogP) is 0.366. The Bertz CT molecular complexity index is 605. The van der Waals surface area contributed by atoms with E-state index in [1.165, 1.54) is 0 Å². The molecule has 0 spiro atoms. The Hall–Kier alpha value is -2.22. The van der Waals surface area contributed by atoms with Gasteiger partial charge in [-0.15, -0.1) is 5.10 Å². The highest BCUT2D eigenvalue weighted by Gasteiger charge is 2.17. The van der Waals surface area contributed by atoms with Gasteiger partial charge in [0.05, 0.1) is 18.5 Å². The Labute approximate surface area is 122 Å². The van der Waals surface area contributed by atoms with Crippen LogP contribution in [0.25, 0.3) is 0 Å². The fraction of sp³-hybridized carbons (Fsp3) is 0.538. The van der Waals surface area contributed by atoms with Gasteiger partial charge >= 0.3 is 5.97 Å². The van der Waals surface area contributed by atoms with Crippen LogP contribution in [0.5, 0.6) is 0 Å². The van der Waals surface area contributed by atoms with Crippen molar-refractivity contribution in [3.05, 3.63) is 29.3 Å². The Balaban J connectivity index is 1.94. The average Bonchev–Trinajstić information content (AvgIpc) is 3.03. The summed E-state index contributed by atoms with van der Waals surface area (Å²) in [5.74, 6) is -0.475. The molecule has 2 heterocycles. The van der Waals surface area contributed by atoms with E-state index in [2.05, 4.69) is 15.4 Å². The molecule has 114 valence electrons. The summed E-state index contributed by atoms with van der Waals surface area (Å²) in [6.45, 7) is 3.00. The quantitative estimate of drug-likeness (QED) is 0.541. The van der Waals surface area contributed by atoms with Crippen molar-refractivity contribution < 1.29 is 14.3 Å². The van der Waals surface area contributed by atoms with Crippen LogP contribution in [0.4, 0.5) is 0 Å². The van der Waals surface area contributed by atoms with Crippen molar-refractivity contribution in [2.45, 2.75) is 19.9 Å². The maximum Gasteiger partial charge on any atom is 0.360 e. The first kappa shape index (κ1) is 15.2. The molecule has 2 aromatic rings. The second-order valence-corrected chi connectivity index (χ2v) is 4.65. The number of rotatable bonds is 7. The molecule has 0 aromatic carbocycles. The Kier molecular flexibility index (Phi) is 5.04. The lowest BCUT2D eigenvalue weighted by atomic mass is 10.2. The molecule has 0 amide bonds. The maximum absolute atomic E-state index is 11.8. The number of hydrogen-bond acceptors (Lipinski definition) is 6. The lowest BCUT2D eigenvalue weighted by molar-refractivity contribution is 0.0380. The third-order valence-electron chi connectivity index (χ3n) is 3.07. The molecule has 0 saturated carbocycles. The van der Waals surface area contributed by atoms with Gasteiger partial charge in [-0.3, -0.25) is 4.68 Å². The summed E-state index contributed by atoms with van der Waals surface area (Å²) in [6, 6.07) is 0. The van der Waals surface area contributed by atoms with Crippen molar-refractivity contribution in [3.63, 3.8) is 0 Å². The summed E-state index contributed by atoms with van der Waals surface area (Å²) >= 11 is 0. The highest BCUT2D eigenvalue weighted by Crippen LogP contribution is 2.07. The van der Waals surface area contributed by atoms with Crippen LogP contribution in [0.2, 0.25) is 0 Å². The van der Waals surface area contributed by atoms with Crippen molar-refractivity contribution >= 4 is 5.97 Å². The second kappa shape index (κ2) is 6.98. The first-order chi connectivity index (χ1) is 10.1. The van der Waals surface area contributed by atoms with Crippen molar-refractivity contribution in [2.24, 2.45) is 7.05 Å². The maximum atomic E-state index is 11.8. The Morgan fingerprint density at radius 3 is 2.86 bits per heavy atom. The highest BCUT2D eigenvalue weighted by atomic mass is 16.6. The van der Waals surface area contributed by atoms with Gasteiger partial charge in [0.15, 0.2) is 5.69 Å². The smallest absolute Gasteiger partial charge is 0.360 e. The molecule has 0 aliphatic carbocycles. The lowest BCUT2D eigenvalue weighted by Crippen LogP contribution is -2.12. The van der Waals surface area contributed by atoms with Crippen LogP contribution in [0, 0.1) is 6.92 Å². The molecule has 0 saturated heterocycles. The van der Waals surface area contributed by atoms with Crippen LogP contribution in [0.1, 0.15) is 21.7 Å². The zero-order valence-electron chi connectivity index (χ0n) is 12.4. The van der Waals surface area contributed by atoms with Gasteiger partial charge in [-0.25, -0.2) is 9.48 Å². The van der Waals surface area contributed by atoms with Gasteiger partial charge in [0.1, 0.15) is 6.61 Å². The summed E-state index contributed by atoms with van der Waals surface area (Å²) in [4.78, 5) is 11.8. The first-order valence-electron chi connectivity index (χ1n) is 6.65. The molecular formula is C13H19N5O3. The van der Waals surface area contributed by atoms with Crippen molar-refractivity contribution in [1.29, 1.82) is 0 Å². The standard InChI is InChI=1S/C13H19N5O3/c1-10-12(13(19)21-7-6-20-3)15-16-18(10)5-4-11-8-14-17(2)9-11/h8-9H,4-7H2,1-3H3. The summed E-state index contributed by atoms with van der Waals surface area (Å²) in [5, 5.41) is 12.0. The number of carbonyl (C=O) groups is 1. The highest BCUT2D eigenvalue weighted by molar-refractivity contribution is 5.88. The summed E-state index contributed by atoms with van der Waals surface area (Å²) in [7, 11) is 3.42. The lowest BCUT2D eigenvalue weighted by Gasteiger charge is -2.03. The van der Waals surface area contributed by atoms with Crippen LogP contribution in [-0.4, -0.2) is 51.1 Å². The van der Waals surface area contributed by atoms with Crippen LogP contribution >= 0.6 is 0 Å². The van der Waals surface area contributed by atoms with E-state index in [-0.39, 0.29) is 12.3 Å². The van der Waals surface area contributed by atoms with Gasteiger partial charge in [-0.05, 0) is 18.9 Å². The first-order valence-corrected chi connectivity index (χ1v) is 6.65. The Morgan fingerprint density at radius 1 is 1.38 bits per heavy atom. The number of carbonyl (C=O) groups excluding carboxylic acids is 1. The van der Waals surface area contributed by atoms with Crippen molar-refractivity contribution in [1.82, 2.24) is 24.8 Å². The summed E-state index contributed by atoms with van der Waals surface area (Å²) < 4.78 is 13.3. The molecule has 0 N–H and O–H groups in total. The van der Waals surface area contributed by atoms with E-state index in [1.807, 2.05) is 19.4 Å². The molecule has 0 fully saturated rings. The molecule has 0 atom stereocenters. The number of aromatic nitrogens is 5. The minimum Gasteiger partial charge on any atom is -0.458 e. The molecule has 8 heteroatoms. The molecular weight excluding hydrogens is 274 g/mol. The molecule has 2 aromatic heterocycles. The van der Waals surface area contributed by atoms with E-state index in [0.29, 0.717) is 18.8 Å². The van der Waals surface area contributed by atoms with E-state index < -0.39 is 5.97 Å². The van der Waals surface area contributed by atoms with Crippen LogP contribution in [-0.2, 0) is 29.5 Å². The second-order valence-electron chi connectivity index (χ2n) is 4.65. The number of nitrogens with zero attached hydrogens (tertiary/aromatic N) is 5. The molecule has 8 nitrogen and oxygen atoms in total. The van der Waals surface area contributed by atoms with E-state index in [0.717, 1.165) is 12.0 Å². The number of aryl methyl sites for hydroxylation is 3. The largest absolute Gasteiger partial charge is 0.458 e. The van der Waals surface area contributed by atoms with E-state index in [9.17, 15) is 4.79 Å². The topological polar surface area (TPSA) is 84.1 Å². The molecule has 0 radical (unpaired) electrons. The number of methoxy groups -OCH3 is 1. The third-order valence-corrected chi connectivity index (χ3v) is 3.07. The minimum atomic E-state index is -0.475. The van der Waals surface area contributed by atoms with Crippen molar-refractivity contribution in [3.8, 4) is 0 Å². The Morgan fingerprint density at radius 2 is 2.19 bits per heavy atom. The van der Waals surface area contributed by atoms with Gasteiger partial charge in [-0.1, -0.05) is 5.21 Å². The zero-order valence-corrected chi connectivity index (χ0v) is 12.4. The fourth-order valence-electron chi connectivity index (χ4n) is 1.88. The van der Waals surface area contributed by atoms with Gasteiger partial charge in [-0.2, -0.15) is 5.10 Å². The number of hydrogen-bond donors (Lipinski definition) is 0. The normalized spacial score (nSPS) is 10.8. The zero-order chi connectivity index (χ0) is 15.2. The molecule has 0 bridgehead atoms. The monoisotopic (exact) mass is 293 g/mol. The predicted molar refractivity (Wildman–Crippen MR) is 73.8 cm³/mol. The van der Waals surface area contributed by atoms with Gasteiger partial charge < -0.3 is 9.47 Å². The van der Waals surface area contributed by atoms with Crippen molar-refractivity contribution in [2.75, 3.05) is 20.3 Å². The van der Waals surface area contributed by atoms with E-state index >= 15 is 0 Å². The SMILES string of the molecule is COCCOC(=O)c1nnn(CCc2cnn(C)c2)c1C. The summed E-state index contributed by atoms with van der Waals surface area (Å²) in [5.41, 5.74) is 2.05. The van der Waals surface area contributed by atoms with Crippen LogP contribution in [0.15, 0.2) is 12.4 Å². The average molecular weight is 293 g/mol. The third kappa shape index (κ3) is 3.88. The van der Waals surface area contributed by atoms with Crippen LogP contribution in [0.3, 0.4) is 0 Å². The fourth-order valence-corrected chi connectivity index (χ4v) is 1.88. The van der Waals surface area contributed by atoms with Gasteiger partial charge in [0.25, 0.3) is 0 Å². The molecule has 0 unspecified atom stereocenters. The number of ether oxygens (including phenoxy) is 2. The van der Waals surface area contributed by atoms with Gasteiger partial charge in [0, 0.05) is 26.9 Å². The molecule has 2 rings (SSSR count). The molecule has 21 heavy (non-hydrogen) atoms. The van der Waals surface area contributed by atoms with E-state index in [4.69, 9.17) is 9.47 Å². The molecule has 0 aliphatic heterocycles.